The Morgan fingerprint density at radius 1 is 1.33 bits per heavy atom. The number of hydrogen-bond donors (Lipinski definition) is 0. The fourth-order valence-corrected chi connectivity index (χ4v) is 1.93. The molecule has 0 aromatic carbocycles. The molecule has 0 aliphatic carbocycles. The second-order valence-corrected chi connectivity index (χ2v) is 4.38. The fourth-order valence-electron chi connectivity index (χ4n) is 1.93. The highest BCUT2D eigenvalue weighted by molar-refractivity contribution is 4.69. The lowest BCUT2D eigenvalue weighted by molar-refractivity contribution is -0.935. The quantitative estimate of drug-likeness (QED) is 0.459. The second kappa shape index (κ2) is 2.98. The number of quaternary nitrogens is 1. The Morgan fingerprint density at radius 3 is 2.58 bits per heavy atom. The van der Waals surface area contributed by atoms with E-state index in [1.54, 1.807) is 0 Å². The second-order valence-electron chi connectivity index (χ2n) is 4.38. The van der Waals surface area contributed by atoms with E-state index in [9.17, 15) is 0 Å². The maximum atomic E-state index is 5.66. The van der Waals surface area contributed by atoms with Gasteiger partial charge in [0.15, 0.2) is 6.23 Å². The van der Waals surface area contributed by atoms with Crippen LogP contribution >= 0.6 is 0 Å². The molecule has 2 fully saturated rings. The van der Waals surface area contributed by atoms with Gasteiger partial charge in [0.1, 0.15) is 12.6 Å². The molecule has 0 spiro atoms. The molecule has 2 unspecified atom stereocenters. The number of ether oxygens (including phenoxy) is 2. The van der Waals surface area contributed by atoms with Crippen molar-refractivity contribution in [2.24, 2.45) is 0 Å². The van der Waals surface area contributed by atoms with Crippen molar-refractivity contribution < 1.29 is 14.0 Å². The third-order valence-corrected chi connectivity index (χ3v) is 2.76. The summed E-state index contributed by atoms with van der Waals surface area (Å²) in [6.45, 7) is 3.00. The van der Waals surface area contributed by atoms with E-state index in [2.05, 4.69) is 14.1 Å². The van der Waals surface area contributed by atoms with Crippen molar-refractivity contribution in [2.75, 3.05) is 33.9 Å². The number of likely N-dealkylation sites (N-methyl/N-ethyl adjacent to an activating group) is 1. The van der Waals surface area contributed by atoms with E-state index in [0.29, 0.717) is 12.3 Å². The molecular formula is C9H18NO2+. The first-order chi connectivity index (χ1) is 5.68. The van der Waals surface area contributed by atoms with Crippen molar-refractivity contribution in [3.63, 3.8) is 0 Å². The minimum Gasteiger partial charge on any atom is -0.367 e. The molecule has 0 saturated carbocycles. The van der Waals surface area contributed by atoms with Gasteiger partial charge in [-0.2, -0.15) is 0 Å². The Balaban J connectivity index is 1.88. The lowest BCUT2D eigenvalue weighted by Crippen LogP contribution is -2.50. The largest absolute Gasteiger partial charge is 0.367 e. The molecule has 2 aliphatic heterocycles. The van der Waals surface area contributed by atoms with E-state index in [0.717, 1.165) is 24.2 Å². The highest BCUT2D eigenvalue weighted by atomic mass is 16.6. The Bertz CT molecular complexity index is 160. The number of epoxide rings is 1. The molecular weight excluding hydrogens is 154 g/mol. The van der Waals surface area contributed by atoms with E-state index >= 15 is 0 Å². The van der Waals surface area contributed by atoms with Gasteiger partial charge in [0.2, 0.25) is 0 Å². The zero-order valence-corrected chi connectivity index (χ0v) is 7.95. The first-order valence-electron chi connectivity index (χ1n) is 4.74. The highest BCUT2D eigenvalue weighted by Crippen LogP contribution is 2.23. The van der Waals surface area contributed by atoms with Crippen LogP contribution in [0.2, 0.25) is 0 Å². The summed E-state index contributed by atoms with van der Waals surface area (Å²) in [7, 11) is 4.47. The average molecular weight is 172 g/mol. The molecule has 2 aliphatic rings. The van der Waals surface area contributed by atoms with Crippen LogP contribution < -0.4 is 0 Å². The minimum atomic E-state index is 0.411. The molecule has 2 atom stereocenters. The summed E-state index contributed by atoms with van der Waals surface area (Å²) in [6.07, 6.45) is 3.34. The van der Waals surface area contributed by atoms with Gasteiger partial charge in [-0.05, 0) is 6.42 Å². The predicted molar refractivity (Wildman–Crippen MR) is 45.7 cm³/mol. The third-order valence-electron chi connectivity index (χ3n) is 2.76. The van der Waals surface area contributed by atoms with Gasteiger partial charge < -0.3 is 14.0 Å². The maximum absolute atomic E-state index is 5.66. The van der Waals surface area contributed by atoms with Crippen LogP contribution in [0.15, 0.2) is 0 Å². The van der Waals surface area contributed by atoms with Gasteiger partial charge in [-0.1, -0.05) is 0 Å². The zero-order valence-electron chi connectivity index (χ0n) is 7.95. The summed E-state index contributed by atoms with van der Waals surface area (Å²) in [5.74, 6) is 0. The summed E-state index contributed by atoms with van der Waals surface area (Å²) in [6, 6.07) is 0. The van der Waals surface area contributed by atoms with Crippen LogP contribution in [0.4, 0.5) is 0 Å². The van der Waals surface area contributed by atoms with Gasteiger partial charge in [0.05, 0.1) is 27.3 Å². The molecule has 3 heteroatoms. The number of hydrogen-bond acceptors (Lipinski definition) is 2. The Kier molecular flexibility index (Phi) is 2.10. The van der Waals surface area contributed by atoms with Gasteiger partial charge in [0, 0.05) is 6.42 Å². The van der Waals surface area contributed by atoms with E-state index in [1.165, 1.54) is 12.8 Å². The summed E-state index contributed by atoms with van der Waals surface area (Å²) in [5, 5.41) is 0. The molecule has 0 N–H and O–H groups in total. The van der Waals surface area contributed by atoms with Gasteiger partial charge >= 0.3 is 0 Å². The smallest absolute Gasteiger partial charge is 0.192 e. The molecule has 2 rings (SSSR count). The topological polar surface area (TPSA) is 21.8 Å². The van der Waals surface area contributed by atoms with Crippen molar-refractivity contribution in [1.29, 1.82) is 0 Å². The van der Waals surface area contributed by atoms with Crippen LogP contribution in [0.1, 0.15) is 12.8 Å². The third kappa shape index (κ3) is 1.79. The van der Waals surface area contributed by atoms with Crippen LogP contribution in [0.25, 0.3) is 0 Å². The first-order valence-corrected chi connectivity index (χ1v) is 4.74. The molecule has 0 aromatic heterocycles. The summed E-state index contributed by atoms with van der Waals surface area (Å²) in [4.78, 5) is 0. The predicted octanol–water partition coefficient (Wildman–Crippen LogP) is 0.598. The minimum absolute atomic E-state index is 0.411. The SMILES string of the molecule is C[N+](C)(CC1CO1)C1CCCO1. The van der Waals surface area contributed by atoms with Crippen LogP contribution in [-0.4, -0.2) is 50.7 Å². The molecule has 0 radical (unpaired) electrons. The normalized spacial score (nSPS) is 35.5. The number of rotatable bonds is 3. The van der Waals surface area contributed by atoms with Crippen molar-refractivity contribution >= 4 is 0 Å². The van der Waals surface area contributed by atoms with E-state index in [4.69, 9.17) is 9.47 Å². The van der Waals surface area contributed by atoms with Gasteiger partial charge in [-0.3, -0.25) is 0 Å². The molecule has 12 heavy (non-hydrogen) atoms. The van der Waals surface area contributed by atoms with Crippen molar-refractivity contribution in [2.45, 2.75) is 25.2 Å². The Morgan fingerprint density at radius 2 is 2.08 bits per heavy atom. The maximum Gasteiger partial charge on any atom is 0.192 e. The molecule has 0 bridgehead atoms. The van der Waals surface area contributed by atoms with E-state index in [-0.39, 0.29) is 0 Å². The van der Waals surface area contributed by atoms with Crippen molar-refractivity contribution in [3.8, 4) is 0 Å². The van der Waals surface area contributed by atoms with E-state index in [1.807, 2.05) is 0 Å². The van der Waals surface area contributed by atoms with Crippen LogP contribution in [0.5, 0.6) is 0 Å². The molecule has 3 nitrogen and oxygen atoms in total. The standard InChI is InChI=1S/C9H18NO2/c1-10(2,6-8-7-12-8)9-4-3-5-11-9/h8-9H,3-7H2,1-2H3/q+1. The molecule has 2 saturated heterocycles. The summed E-state index contributed by atoms with van der Waals surface area (Å²) >= 11 is 0. The van der Waals surface area contributed by atoms with Crippen LogP contribution in [-0.2, 0) is 9.47 Å². The monoisotopic (exact) mass is 172 g/mol. The molecule has 0 amide bonds. The lowest BCUT2D eigenvalue weighted by Gasteiger charge is -2.34. The van der Waals surface area contributed by atoms with Gasteiger partial charge in [-0.25, -0.2) is 0 Å². The fraction of sp³-hybridized carbons (Fsp3) is 1.00. The van der Waals surface area contributed by atoms with Crippen molar-refractivity contribution in [3.05, 3.63) is 0 Å². The van der Waals surface area contributed by atoms with Crippen molar-refractivity contribution in [1.82, 2.24) is 0 Å². The average Bonchev–Trinajstić information content (AvgIpc) is 2.67. The summed E-state index contributed by atoms with van der Waals surface area (Å²) in [5.41, 5.74) is 0. The first kappa shape index (κ1) is 8.48. The number of nitrogens with zero attached hydrogens (tertiary/aromatic N) is 1. The lowest BCUT2D eigenvalue weighted by atomic mass is 10.2. The molecule has 2 heterocycles. The van der Waals surface area contributed by atoms with Crippen LogP contribution in [0, 0.1) is 0 Å². The van der Waals surface area contributed by atoms with Gasteiger partial charge in [-0.15, -0.1) is 0 Å². The Hall–Kier alpha value is -0.120. The van der Waals surface area contributed by atoms with E-state index < -0.39 is 0 Å². The van der Waals surface area contributed by atoms with Crippen LogP contribution in [0.3, 0.4) is 0 Å². The summed E-state index contributed by atoms with van der Waals surface area (Å²) < 4.78 is 11.9. The molecule has 0 aromatic rings. The zero-order chi connectivity index (χ0) is 8.60. The Labute approximate surface area is 73.8 Å². The highest BCUT2D eigenvalue weighted by Gasteiger charge is 2.38. The molecule has 70 valence electrons. The van der Waals surface area contributed by atoms with Gasteiger partial charge in [0.25, 0.3) is 0 Å².